The maximum atomic E-state index is 11.7. The van der Waals surface area contributed by atoms with Gasteiger partial charge in [0, 0.05) is 30.2 Å². The van der Waals surface area contributed by atoms with Crippen molar-refractivity contribution in [2.75, 3.05) is 17.7 Å². The number of amides is 1. The van der Waals surface area contributed by atoms with E-state index in [0.717, 1.165) is 6.26 Å². The number of thiol groups is 1. The molecule has 0 aliphatic carbocycles. The van der Waals surface area contributed by atoms with Gasteiger partial charge in [-0.15, -0.1) is 0 Å². The third-order valence-corrected chi connectivity index (χ3v) is 4.12. The zero-order valence-corrected chi connectivity index (χ0v) is 11.0. The summed E-state index contributed by atoms with van der Waals surface area (Å²) in [4.78, 5) is 13.5. The molecule has 1 heterocycles. The highest BCUT2D eigenvalue weighted by Gasteiger charge is 2.28. The zero-order chi connectivity index (χ0) is 12.6. The van der Waals surface area contributed by atoms with Crippen LogP contribution in [0.5, 0.6) is 0 Å². The summed E-state index contributed by atoms with van der Waals surface area (Å²) in [5.41, 5.74) is 0.620. The molecule has 0 bridgehead atoms. The molecular weight excluding hydrogens is 258 g/mol. The fourth-order valence-electron chi connectivity index (χ4n) is 1.82. The lowest BCUT2D eigenvalue weighted by molar-refractivity contribution is -0.117. The number of anilines is 1. The summed E-state index contributed by atoms with van der Waals surface area (Å²) in [6.07, 6.45) is 1.55. The predicted octanol–water partition coefficient (Wildman–Crippen LogP) is 1.13. The number of carbonyl (C=O) groups is 1. The van der Waals surface area contributed by atoms with Gasteiger partial charge in [-0.2, -0.15) is 12.6 Å². The monoisotopic (exact) mass is 271 g/mol. The van der Waals surface area contributed by atoms with Crippen molar-refractivity contribution in [1.82, 2.24) is 0 Å². The van der Waals surface area contributed by atoms with Crippen molar-refractivity contribution in [3.8, 4) is 0 Å². The van der Waals surface area contributed by atoms with Crippen LogP contribution in [0.1, 0.15) is 6.42 Å². The Morgan fingerprint density at radius 2 is 2.12 bits per heavy atom. The van der Waals surface area contributed by atoms with Gasteiger partial charge in [0.15, 0.2) is 9.84 Å². The molecule has 0 radical (unpaired) electrons. The van der Waals surface area contributed by atoms with Gasteiger partial charge in [0.2, 0.25) is 5.91 Å². The van der Waals surface area contributed by atoms with Crippen LogP contribution in [0.4, 0.5) is 5.69 Å². The quantitative estimate of drug-likeness (QED) is 0.820. The minimum atomic E-state index is -3.24. The van der Waals surface area contributed by atoms with E-state index in [4.69, 9.17) is 0 Å². The first-order valence-corrected chi connectivity index (χ1v) is 7.57. The minimum absolute atomic E-state index is 0.0179. The molecule has 1 aromatic carbocycles. The first-order chi connectivity index (χ1) is 7.88. The highest BCUT2D eigenvalue weighted by Crippen LogP contribution is 2.25. The Morgan fingerprint density at radius 1 is 1.41 bits per heavy atom. The molecule has 0 N–H and O–H groups in total. The number of nitrogens with zero attached hydrogens (tertiary/aromatic N) is 1. The lowest BCUT2D eigenvalue weighted by Crippen LogP contribution is -2.24. The molecule has 1 atom stereocenters. The smallest absolute Gasteiger partial charge is 0.228 e. The third kappa shape index (κ3) is 2.63. The molecule has 1 saturated heterocycles. The molecule has 0 spiro atoms. The van der Waals surface area contributed by atoms with Crippen LogP contribution in [0, 0.1) is 0 Å². The van der Waals surface area contributed by atoms with Gasteiger partial charge < -0.3 is 4.90 Å². The molecule has 92 valence electrons. The number of carbonyl (C=O) groups excluding carboxylic acids is 1. The molecule has 1 aliphatic rings. The fraction of sp³-hybridized carbons (Fsp3) is 0.364. The molecule has 1 amide bonds. The molecule has 0 aromatic heterocycles. The second-order valence-electron chi connectivity index (χ2n) is 4.13. The van der Waals surface area contributed by atoms with E-state index in [1.54, 1.807) is 17.0 Å². The van der Waals surface area contributed by atoms with E-state index < -0.39 is 9.84 Å². The minimum Gasteiger partial charge on any atom is -0.311 e. The first-order valence-electron chi connectivity index (χ1n) is 5.16. The molecule has 0 saturated carbocycles. The van der Waals surface area contributed by atoms with Crippen molar-refractivity contribution in [1.29, 1.82) is 0 Å². The third-order valence-electron chi connectivity index (χ3n) is 2.66. The molecule has 2 rings (SSSR count). The zero-order valence-electron chi connectivity index (χ0n) is 9.33. The molecule has 4 nitrogen and oxygen atoms in total. The standard InChI is InChI=1S/C11H13NO3S2/c1-17(14,15)10-4-2-3-8(5-10)12-7-9(16)6-11(12)13/h2-5,9,16H,6-7H2,1H3. The van der Waals surface area contributed by atoms with E-state index in [0.29, 0.717) is 18.7 Å². The number of benzene rings is 1. The predicted molar refractivity (Wildman–Crippen MR) is 69.3 cm³/mol. The van der Waals surface area contributed by atoms with Crippen molar-refractivity contribution in [2.24, 2.45) is 0 Å². The van der Waals surface area contributed by atoms with E-state index in [2.05, 4.69) is 12.6 Å². The lowest BCUT2D eigenvalue weighted by atomic mass is 10.3. The van der Waals surface area contributed by atoms with Crippen LogP contribution in [0.25, 0.3) is 0 Å². The molecular formula is C11H13NO3S2. The van der Waals surface area contributed by atoms with Crippen LogP contribution in [0.2, 0.25) is 0 Å². The lowest BCUT2D eigenvalue weighted by Gasteiger charge is -2.16. The van der Waals surface area contributed by atoms with Gasteiger partial charge in [0.25, 0.3) is 0 Å². The topological polar surface area (TPSA) is 54.5 Å². The molecule has 6 heteroatoms. The highest BCUT2D eigenvalue weighted by atomic mass is 32.2. The van der Waals surface area contributed by atoms with Crippen molar-refractivity contribution < 1.29 is 13.2 Å². The summed E-state index contributed by atoms with van der Waals surface area (Å²) in [5, 5.41) is 0.0180. The SMILES string of the molecule is CS(=O)(=O)c1cccc(N2CC(S)CC2=O)c1. The summed E-state index contributed by atoms with van der Waals surface area (Å²) in [6, 6.07) is 6.43. The van der Waals surface area contributed by atoms with Gasteiger partial charge in [0.1, 0.15) is 0 Å². The molecule has 1 aromatic rings. The molecule has 17 heavy (non-hydrogen) atoms. The first kappa shape index (κ1) is 12.4. The van der Waals surface area contributed by atoms with Crippen molar-refractivity contribution >= 4 is 34.1 Å². The molecule has 1 fully saturated rings. The van der Waals surface area contributed by atoms with Crippen molar-refractivity contribution in [3.05, 3.63) is 24.3 Å². The summed E-state index contributed by atoms with van der Waals surface area (Å²) < 4.78 is 22.9. The van der Waals surface area contributed by atoms with Crippen molar-refractivity contribution in [2.45, 2.75) is 16.6 Å². The number of rotatable bonds is 2. The van der Waals surface area contributed by atoms with Crippen LogP contribution >= 0.6 is 12.6 Å². The number of hydrogen-bond donors (Lipinski definition) is 1. The highest BCUT2D eigenvalue weighted by molar-refractivity contribution is 7.90. The van der Waals surface area contributed by atoms with E-state index in [9.17, 15) is 13.2 Å². The van der Waals surface area contributed by atoms with E-state index in [-0.39, 0.29) is 16.1 Å². The Bertz CT molecular complexity index is 554. The summed E-state index contributed by atoms with van der Waals surface area (Å²) >= 11 is 4.26. The van der Waals surface area contributed by atoms with Gasteiger partial charge >= 0.3 is 0 Å². The Balaban J connectivity index is 2.38. The van der Waals surface area contributed by atoms with Crippen LogP contribution in [-0.4, -0.2) is 32.4 Å². The fourth-order valence-corrected chi connectivity index (χ4v) is 2.80. The summed E-state index contributed by atoms with van der Waals surface area (Å²) in [6.45, 7) is 0.523. The second-order valence-corrected chi connectivity index (χ2v) is 6.88. The van der Waals surface area contributed by atoms with Gasteiger partial charge in [-0.1, -0.05) is 6.07 Å². The van der Waals surface area contributed by atoms with E-state index >= 15 is 0 Å². The summed E-state index contributed by atoms with van der Waals surface area (Å²) in [7, 11) is -3.24. The summed E-state index contributed by atoms with van der Waals surface area (Å²) in [5.74, 6) is -0.0179. The van der Waals surface area contributed by atoms with E-state index in [1.807, 2.05) is 0 Å². The van der Waals surface area contributed by atoms with Crippen LogP contribution in [-0.2, 0) is 14.6 Å². The van der Waals surface area contributed by atoms with Gasteiger partial charge in [-0.05, 0) is 18.2 Å². The van der Waals surface area contributed by atoms with Crippen LogP contribution in [0.3, 0.4) is 0 Å². The molecule has 1 unspecified atom stereocenters. The van der Waals surface area contributed by atoms with Crippen LogP contribution < -0.4 is 4.90 Å². The average molecular weight is 271 g/mol. The maximum absolute atomic E-state index is 11.7. The Kier molecular flexibility index (Phi) is 3.18. The van der Waals surface area contributed by atoms with Gasteiger partial charge in [-0.3, -0.25) is 4.79 Å². The normalized spacial score (nSPS) is 20.9. The largest absolute Gasteiger partial charge is 0.311 e. The van der Waals surface area contributed by atoms with Gasteiger partial charge in [-0.25, -0.2) is 8.42 Å². The molecule has 1 aliphatic heterocycles. The van der Waals surface area contributed by atoms with Crippen molar-refractivity contribution in [3.63, 3.8) is 0 Å². The second kappa shape index (κ2) is 4.34. The maximum Gasteiger partial charge on any atom is 0.228 e. The Labute approximate surface area is 106 Å². The Morgan fingerprint density at radius 3 is 2.65 bits per heavy atom. The van der Waals surface area contributed by atoms with Crippen LogP contribution in [0.15, 0.2) is 29.2 Å². The Hall–Kier alpha value is -1.01. The number of hydrogen-bond acceptors (Lipinski definition) is 4. The van der Waals surface area contributed by atoms with E-state index in [1.165, 1.54) is 12.1 Å². The number of sulfone groups is 1. The van der Waals surface area contributed by atoms with Gasteiger partial charge in [0.05, 0.1) is 4.90 Å². The average Bonchev–Trinajstić information content (AvgIpc) is 2.57.